The molecule has 1 aromatic carbocycles. The van der Waals surface area contributed by atoms with Crippen LogP contribution < -0.4 is 5.32 Å². The number of allylic oxidation sites excluding steroid dienone is 1. The zero-order valence-corrected chi connectivity index (χ0v) is 16.1. The molecule has 1 atom stereocenters. The first-order valence-electron chi connectivity index (χ1n) is 6.83. The molecule has 1 aliphatic rings. The van der Waals surface area contributed by atoms with Gasteiger partial charge < -0.3 is 5.32 Å². The fraction of sp³-hybridized carbons (Fsp3) is 0.467. The maximum atomic E-state index is 6.40. The van der Waals surface area contributed by atoms with E-state index >= 15 is 0 Å². The third-order valence-corrected chi connectivity index (χ3v) is 4.65. The highest BCUT2D eigenvalue weighted by Gasteiger charge is 2.24. The zero-order chi connectivity index (χ0) is 14.5. The molecular weight excluding hydrogens is 385 g/mol. The monoisotopic (exact) mass is 404 g/mol. The Kier molecular flexibility index (Phi) is 11.1. The van der Waals surface area contributed by atoms with Crippen LogP contribution in [0, 0.1) is 0 Å². The van der Waals surface area contributed by atoms with E-state index in [1.165, 1.54) is 0 Å². The molecule has 1 aromatic rings. The summed E-state index contributed by atoms with van der Waals surface area (Å²) in [6.45, 7) is 7.81. The van der Waals surface area contributed by atoms with E-state index in [1.807, 2.05) is 12.1 Å². The molecule has 1 saturated heterocycles. The lowest BCUT2D eigenvalue weighted by Crippen LogP contribution is -2.45. The number of halogens is 5. The normalized spacial score (nSPS) is 16.3. The van der Waals surface area contributed by atoms with Crippen LogP contribution in [0.1, 0.15) is 24.4 Å². The molecule has 22 heavy (non-hydrogen) atoms. The maximum absolute atomic E-state index is 6.40. The van der Waals surface area contributed by atoms with Gasteiger partial charge in [-0.15, -0.1) is 31.4 Å². The second kappa shape index (κ2) is 11.0. The van der Waals surface area contributed by atoms with Gasteiger partial charge in [-0.25, -0.2) is 0 Å². The Morgan fingerprint density at radius 1 is 1.18 bits per heavy atom. The number of nitrogens with zero attached hydrogens (tertiary/aromatic N) is 1. The lowest BCUT2D eigenvalue weighted by molar-refractivity contribution is 0.166. The molecule has 0 unspecified atom stereocenters. The summed E-state index contributed by atoms with van der Waals surface area (Å²) in [6, 6.07) is 3.86. The van der Waals surface area contributed by atoms with E-state index < -0.39 is 0 Å². The van der Waals surface area contributed by atoms with Gasteiger partial charge in [-0.2, -0.15) is 0 Å². The second-order valence-electron chi connectivity index (χ2n) is 4.96. The van der Waals surface area contributed by atoms with Gasteiger partial charge in [0.2, 0.25) is 0 Å². The SMILES string of the molecule is C=CCC[C@@H](c1cc(Cl)cc(Cl)c1Cl)N1CCNCC1.Cl.Cl. The second-order valence-corrected chi connectivity index (χ2v) is 6.18. The van der Waals surface area contributed by atoms with Crippen molar-refractivity contribution in [3.05, 3.63) is 45.4 Å². The minimum absolute atomic E-state index is 0. The van der Waals surface area contributed by atoms with Gasteiger partial charge in [0.25, 0.3) is 0 Å². The molecule has 0 radical (unpaired) electrons. The summed E-state index contributed by atoms with van der Waals surface area (Å²) in [5.74, 6) is 0. The van der Waals surface area contributed by atoms with Gasteiger partial charge >= 0.3 is 0 Å². The molecule has 126 valence electrons. The van der Waals surface area contributed by atoms with Crippen molar-refractivity contribution in [2.75, 3.05) is 26.2 Å². The van der Waals surface area contributed by atoms with Crippen molar-refractivity contribution in [2.24, 2.45) is 0 Å². The Hall–Kier alpha value is 0.330. The number of rotatable bonds is 5. The molecule has 2 rings (SSSR count). The summed E-state index contributed by atoms with van der Waals surface area (Å²) >= 11 is 18.7. The standard InChI is InChI=1S/C15H19Cl3N2.2ClH/c1-2-3-4-14(20-7-5-19-6-8-20)12-9-11(16)10-13(17)15(12)18;;/h2,9-10,14,19H,1,3-8H2;2*1H/t14-;;/m0../s1. The third-order valence-electron chi connectivity index (χ3n) is 3.62. The van der Waals surface area contributed by atoms with Gasteiger partial charge in [-0.1, -0.05) is 40.9 Å². The Morgan fingerprint density at radius 2 is 1.82 bits per heavy atom. The van der Waals surface area contributed by atoms with Crippen molar-refractivity contribution in [2.45, 2.75) is 18.9 Å². The van der Waals surface area contributed by atoms with Gasteiger partial charge in [0.15, 0.2) is 0 Å². The lowest BCUT2D eigenvalue weighted by atomic mass is 9.99. The van der Waals surface area contributed by atoms with Crippen molar-refractivity contribution in [3.63, 3.8) is 0 Å². The number of benzene rings is 1. The van der Waals surface area contributed by atoms with E-state index in [9.17, 15) is 0 Å². The molecule has 1 heterocycles. The molecule has 0 aromatic heterocycles. The first kappa shape index (κ1) is 22.3. The lowest BCUT2D eigenvalue weighted by Gasteiger charge is -2.35. The van der Waals surface area contributed by atoms with Crippen LogP contribution in [-0.2, 0) is 0 Å². The largest absolute Gasteiger partial charge is 0.314 e. The van der Waals surface area contributed by atoms with Crippen molar-refractivity contribution in [3.8, 4) is 0 Å². The molecule has 0 spiro atoms. The van der Waals surface area contributed by atoms with Crippen LogP contribution in [0.15, 0.2) is 24.8 Å². The zero-order valence-electron chi connectivity index (χ0n) is 12.2. The highest BCUT2D eigenvalue weighted by Crippen LogP contribution is 2.37. The molecular formula is C15H21Cl5N2. The van der Waals surface area contributed by atoms with Crippen LogP contribution >= 0.6 is 59.6 Å². The molecule has 1 fully saturated rings. The molecule has 1 N–H and O–H groups in total. The Bertz CT molecular complexity index is 475. The fourth-order valence-corrected chi connectivity index (χ4v) is 3.37. The Labute approximate surface area is 160 Å². The number of hydrogen-bond acceptors (Lipinski definition) is 2. The van der Waals surface area contributed by atoms with Gasteiger partial charge in [-0.05, 0) is 30.5 Å². The van der Waals surface area contributed by atoms with Crippen molar-refractivity contribution >= 4 is 59.6 Å². The fourth-order valence-electron chi connectivity index (χ4n) is 2.62. The van der Waals surface area contributed by atoms with Crippen molar-refractivity contribution in [1.82, 2.24) is 10.2 Å². The highest BCUT2D eigenvalue weighted by molar-refractivity contribution is 6.43. The predicted octanol–water partition coefficient (Wildman–Crippen LogP) is 5.40. The number of nitrogens with one attached hydrogen (secondary N) is 1. The van der Waals surface area contributed by atoms with E-state index in [0.717, 1.165) is 44.6 Å². The molecule has 2 nitrogen and oxygen atoms in total. The van der Waals surface area contributed by atoms with Crippen LogP contribution in [0.2, 0.25) is 15.1 Å². The van der Waals surface area contributed by atoms with Crippen LogP contribution in [0.4, 0.5) is 0 Å². The van der Waals surface area contributed by atoms with E-state index in [2.05, 4.69) is 16.8 Å². The smallest absolute Gasteiger partial charge is 0.0641 e. The first-order valence-corrected chi connectivity index (χ1v) is 7.97. The summed E-state index contributed by atoms with van der Waals surface area (Å²) in [5, 5.41) is 5.14. The first-order chi connectivity index (χ1) is 9.63. The summed E-state index contributed by atoms with van der Waals surface area (Å²) in [4.78, 5) is 2.44. The van der Waals surface area contributed by atoms with Crippen molar-refractivity contribution < 1.29 is 0 Å². The van der Waals surface area contributed by atoms with Crippen molar-refractivity contribution in [1.29, 1.82) is 0 Å². The minimum atomic E-state index is 0. The van der Waals surface area contributed by atoms with Gasteiger partial charge in [-0.3, -0.25) is 4.90 Å². The maximum Gasteiger partial charge on any atom is 0.0641 e. The van der Waals surface area contributed by atoms with E-state index in [0.29, 0.717) is 15.1 Å². The number of piperazine rings is 1. The van der Waals surface area contributed by atoms with Gasteiger partial charge in [0.05, 0.1) is 10.0 Å². The summed E-state index contributed by atoms with van der Waals surface area (Å²) in [5.41, 5.74) is 1.02. The molecule has 0 bridgehead atoms. The topological polar surface area (TPSA) is 15.3 Å². The molecule has 0 saturated carbocycles. The van der Waals surface area contributed by atoms with E-state index in [-0.39, 0.29) is 30.9 Å². The molecule has 0 aliphatic carbocycles. The highest BCUT2D eigenvalue weighted by atomic mass is 35.5. The summed E-state index contributed by atoms with van der Waals surface area (Å²) < 4.78 is 0. The van der Waals surface area contributed by atoms with Crippen LogP contribution in [-0.4, -0.2) is 31.1 Å². The molecule has 1 aliphatic heterocycles. The minimum Gasteiger partial charge on any atom is -0.314 e. The summed E-state index contributed by atoms with van der Waals surface area (Å²) in [7, 11) is 0. The number of hydrogen-bond donors (Lipinski definition) is 1. The van der Waals surface area contributed by atoms with Gasteiger partial charge in [0, 0.05) is 37.2 Å². The van der Waals surface area contributed by atoms with Crippen LogP contribution in [0.3, 0.4) is 0 Å². The Morgan fingerprint density at radius 3 is 2.41 bits per heavy atom. The quantitative estimate of drug-likeness (QED) is 0.520. The third kappa shape index (κ3) is 5.76. The van der Waals surface area contributed by atoms with Gasteiger partial charge in [0.1, 0.15) is 0 Å². The predicted molar refractivity (Wildman–Crippen MR) is 103 cm³/mol. The average molecular weight is 407 g/mol. The summed E-state index contributed by atoms with van der Waals surface area (Å²) in [6.07, 6.45) is 3.85. The average Bonchev–Trinajstić information content (AvgIpc) is 2.45. The van der Waals surface area contributed by atoms with Crippen LogP contribution in [0.5, 0.6) is 0 Å². The Balaban J connectivity index is 0.00000220. The van der Waals surface area contributed by atoms with E-state index in [4.69, 9.17) is 34.8 Å². The van der Waals surface area contributed by atoms with E-state index in [1.54, 1.807) is 6.07 Å². The molecule has 7 heteroatoms. The molecule has 0 amide bonds. The van der Waals surface area contributed by atoms with Crippen LogP contribution in [0.25, 0.3) is 0 Å².